The molecule has 1 unspecified atom stereocenters. The van der Waals surface area contributed by atoms with Crippen molar-refractivity contribution in [3.8, 4) is 0 Å². The van der Waals surface area contributed by atoms with Crippen LogP contribution in [0.25, 0.3) is 0 Å². The van der Waals surface area contributed by atoms with Gasteiger partial charge < -0.3 is 0 Å². The molecule has 2 aliphatic rings. The van der Waals surface area contributed by atoms with Gasteiger partial charge in [0, 0.05) is 12.1 Å². The number of fused-ring (bicyclic) bond motifs is 4. The van der Waals surface area contributed by atoms with Crippen LogP contribution in [0.1, 0.15) is 44.3 Å². The zero-order valence-corrected chi connectivity index (χ0v) is 22.2. The number of carbonyl (C=O) groups is 1. The molecule has 192 valence electrons. The Bertz CT molecular complexity index is 1620. The molecule has 7 heteroatoms. The van der Waals surface area contributed by atoms with Crippen LogP contribution < -0.4 is 4.31 Å². The molecule has 4 aromatic rings. The lowest BCUT2D eigenvalue weighted by molar-refractivity contribution is -0.0435. The van der Waals surface area contributed by atoms with Crippen LogP contribution in [-0.4, -0.2) is 30.9 Å². The van der Waals surface area contributed by atoms with Gasteiger partial charge in [-0.05, 0) is 67.3 Å². The molecule has 0 spiro atoms. The minimum Gasteiger partial charge on any atom is -0.268 e. The van der Waals surface area contributed by atoms with Crippen LogP contribution in [-0.2, 0) is 23.0 Å². The van der Waals surface area contributed by atoms with E-state index in [9.17, 15) is 13.2 Å². The number of rotatable bonds is 3. The maximum Gasteiger partial charge on any atom is 0.268 e. The smallest absolute Gasteiger partial charge is 0.268 e. The number of para-hydroxylation sites is 1. The molecule has 1 amide bonds. The molecule has 0 aliphatic carbocycles. The SMILES string of the molecule is Cc1ccc(S(=O)(=O)N2c3ccccc3CN(C(=O)c3ccccc3)N3CCc4ccc(C)cc4C32)cc1. The van der Waals surface area contributed by atoms with E-state index in [2.05, 4.69) is 18.2 Å². The molecule has 6 nitrogen and oxygen atoms in total. The number of hydrogen-bond donors (Lipinski definition) is 0. The maximum absolute atomic E-state index is 14.5. The Labute approximate surface area is 223 Å². The van der Waals surface area contributed by atoms with Gasteiger partial charge in [-0.2, -0.15) is 5.01 Å². The Morgan fingerprint density at radius 3 is 2.24 bits per heavy atom. The average Bonchev–Trinajstić information content (AvgIpc) is 3.08. The molecule has 0 N–H and O–H groups in total. The van der Waals surface area contributed by atoms with Gasteiger partial charge >= 0.3 is 0 Å². The van der Waals surface area contributed by atoms with Crippen LogP contribution >= 0.6 is 0 Å². The number of amides is 1. The highest BCUT2D eigenvalue weighted by atomic mass is 32.2. The summed E-state index contributed by atoms with van der Waals surface area (Å²) in [6.45, 7) is 4.72. The summed E-state index contributed by atoms with van der Waals surface area (Å²) < 4.78 is 30.5. The second kappa shape index (κ2) is 9.42. The number of benzene rings is 4. The Hall–Kier alpha value is -3.94. The molecule has 0 bridgehead atoms. The van der Waals surface area contributed by atoms with Gasteiger partial charge in [-0.1, -0.05) is 77.9 Å². The average molecular weight is 524 g/mol. The fourth-order valence-electron chi connectivity index (χ4n) is 5.45. The van der Waals surface area contributed by atoms with Gasteiger partial charge in [0.05, 0.1) is 17.1 Å². The molecule has 0 radical (unpaired) electrons. The number of sulfonamides is 1. The number of hydrazine groups is 1. The predicted molar refractivity (Wildman–Crippen MR) is 148 cm³/mol. The van der Waals surface area contributed by atoms with Gasteiger partial charge in [0.1, 0.15) is 6.17 Å². The van der Waals surface area contributed by atoms with Gasteiger partial charge in [0.2, 0.25) is 0 Å². The van der Waals surface area contributed by atoms with Crippen molar-refractivity contribution in [3.05, 3.63) is 130 Å². The minimum atomic E-state index is -4.00. The summed E-state index contributed by atoms with van der Waals surface area (Å²) in [4.78, 5) is 14.2. The molecule has 0 aromatic heterocycles. The number of aryl methyl sites for hydroxylation is 2. The van der Waals surface area contributed by atoms with Crippen LogP contribution in [0.4, 0.5) is 5.69 Å². The number of hydrogen-bond acceptors (Lipinski definition) is 4. The van der Waals surface area contributed by atoms with Crippen molar-refractivity contribution in [1.29, 1.82) is 0 Å². The third kappa shape index (κ3) is 4.08. The minimum absolute atomic E-state index is 0.156. The molecule has 0 saturated carbocycles. The molecular formula is C31H29N3O3S. The molecule has 4 aromatic carbocycles. The monoisotopic (exact) mass is 523 g/mol. The van der Waals surface area contributed by atoms with Crippen LogP contribution in [0, 0.1) is 13.8 Å². The quantitative estimate of drug-likeness (QED) is 0.349. The van der Waals surface area contributed by atoms with E-state index >= 15 is 0 Å². The summed E-state index contributed by atoms with van der Waals surface area (Å²) >= 11 is 0. The van der Waals surface area contributed by atoms with Gasteiger partial charge in [-0.25, -0.2) is 12.7 Å². The predicted octanol–water partition coefficient (Wildman–Crippen LogP) is 5.63. The van der Waals surface area contributed by atoms with Crippen LogP contribution in [0.2, 0.25) is 0 Å². The van der Waals surface area contributed by atoms with E-state index in [-0.39, 0.29) is 17.3 Å². The van der Waals surface area contributed by atoms with E-state index in [1.807, 2.05) is 73.5 Å². The summed E-state index contributed by atoms with van der Waals surface area (Å²) in [6, 6.07) is 29.8. The van der Waals surface area contributed by atoms with Crippen molar-refractivity contribution in [2.45, 2.75) is 37.9 Å². The van der Waals surface area contributed by atoms with Crippen LogP contribution in [0.15, 0.2) is 102 Å². The standard InChI is InChI=1S/C31H29N3O3S/c1-22-13-16-27(17-14-22)38(36,37)34-29-11-7-6-10-26(29)21-33(31(35)25-8-4-3-5-9-25)32-19-18-24-15-12-23(2)20-28(24)30(32)34/h3-17,20,30H,18-19,21H2,1-2H3. The second-order valence-electron chi connectivity index (χ2n) is 9.96. The Balaban J connectivity index is 1.61. The summed E-state index contributed by atoms with van der Waals surface area (Å²) in [5.41, 5.74) is 5.93. The zero-order valence-electron chi connectivity index (χ0n) is 21.4. The third-order valence-electron chi connectivity index (χ3n) is 7.39. The highest BCUT2D eigenvalue weighted by Gasteiger charge is 2.45. The molecule has 1 atom stereocenters. The first kappa shape index (κ1) is 24.4. The first-order valence-electron chi connectivity index (χ1n) is 12.8. The fraction of sp³-hybridized carbons (Fsp3) is 0.194. The van der Waals surface area contributed by atoms with E-state index < -0.39 is 16.2 Å². The molecule has 0 fully saturated rings. The van der Waals surface area contributed by atoms with E-state index in [0.29, 0.717) is 24.2 Å². The highest BCUT2D eigenvalue weighted by Crippen LogP contribution is 2.44. The lowest BCUT2D eigenvalue weighted by atomic mass is 9.95. The van der Waals surface area contributed by atoms with Crippen LogP contribution in [0.3, 0.4) is 0 Å². The molecule has 38 heavy (non-hydrogen) atoms. The van der Waals surface area contributed by atoms with Gasteiger partial charge in [0.25, 0.3) is 15.9 Å². The van der Waals surface area contributed by atoms with Crippen molar-refractivity contribution < 1.29 is 13.2 Å². The second-order valence-corrected chi connectivity index (χ2v) is 11.8. The molecule has 2 heterocycles. The van der Waals surface area contributed by atoms with Crippen molar-refractivity contribution in [1.82, 2.24) is 10.0 Å². The first-order valence-corrected chi connectivity index (χ1v) is 14.2. The Morgan fingerprint density at radius 2 is 1.47 bits per heavy atom. The van der Waals surface area contributed by atoms with E-state index in [0.717, 1.165) is 27.8 Å². The Kier molecular flexibility index (Phi) is 6.05. The zero-order chi connectivity index (χ0) is 26.4. The summed E-state index contributed by atoms with van der Waals surface area (Å²) in [6.07, 6.45) is -0.0133. The normalized spacial score (nSPS) is 17.3. The van der Waals surface area contributed by atoms with Gasteiger partial charge in [-0.15, -0.1) is 0 Å². The lowest BCUT2D eigenvalue weighted by Gasteiger charge is -2.45. The van der Waals surface area contributed by atoms with Crippen molar-refractivity contribution in [2.24, 2.45) is 0 Å². The Morgan fingerprint density at radius 1 is 0.789 bits per heavy atom. The summed E-state index contributed by atoms with van der Waals surface area (Å²) in [5.74, 6) is -0.156. The molecule has 6 rings (SSSR count). The number of carbonyl (C=O) groups excluding carboxylic acids is 1. The third-order valence-corrected chi connectivity index (χ3v) is 9.17. The van der Waals surface area contributed by atoms with Crippen molar-refractivity contribution in [2.75, 3.05) is 10.8 Å². The summed E-state index contributed by atoms with van der Waals surface area (Å²) in [7, 11) is -4.00. The van der Waals surface area contributed by atoms with Gasteiger partial charge in [-0.3, -0.25) is 9.80 Å². The van der Waals surface area contributed by atoms with Gasteiger partial charge in [0.15, 0.2) is 0 Å². The molecular weight excluding hydrogens is 494 g/mol. The number of nitrogens with zero attached hydrogens (tertiary/aromatic N) is 3. The van der Waals surface area contributed by atoms with E-state index in [1.54, 1.807) is 29.3 Å². The fourth-order valence-corrected chi connectivity index (χ4v) is 7.08. The maximum atomic E-state index is 14.5. The highest BCUT2D eigenvalue weighted by molar-refractivity contribution is 7.92. The largest absolute Gasteiger partial charge is 0.268 e. The number of anilines is 1. The van der Waals surface area contributed by atoms with Crippen molar-refractivity contribution in [3.63, 3.8) is 0 Å². The summed E-state index contributed by atoms with van der Waals surface area (Å²) in [5, 5.41) is 3.68. The first-order chi connectivity index (χ1) is 18.3. The lowest BCUT2D eigenvalue weighted by Crippen LogP contribution is -2.54. The molecule has 2 aliphatic heterocycles. The van der Waals surface area contributed by atoms with Crippen LogP contribution in [0.5, 0.6) is 0 Å². The molecule has 0 saturated heterocycles. The van der Waals surface area contributed by atoms with E-state index in [1.165, 1.54) is 4.31 Å². The van der Waals surface area contributed by atoms with Crippen molar-refractivity contribution >= 4 is 21.6 Å². The van der Waals surface area contributed by atoms with E-state index in [4.69, 9.17) is 0 Å². The topological polar surface area (TPSA) is 60.9 Å².